The topological polar surface area (TPSA) is 76.9 Å². The SMILES string of the molecule is O=C(NC1CC1)c1nc(-c2ccccc2)c(-c2ccc(=O)n(Cc3ccccc3)n2)s1. The van der Waals surface area contributed by atoms with Crippen LogP contribution in [0.5, 0.6) is 0 Å². The predicted molar refractivity (Wildman–Crippen MR) is 121 cm³/mol. The molecule has 5 rings (SSSR count). The summed E-state index contributed by atoms with van der Waals surface area (Å²) in [7, 11) is 0. The van der Waals surface area contributed by atoms with Crippen molar-refractivity contribution in [3.05, 3.63) is 93.7 Å². The Kier molecular flexibility index (Phi) is 5.18. The van der Waals surface area contributed by atoms with Crippen molar-refractivity contribution in [2.75, 3.05) is 0 Å². The van der Waals surface area contributed by atoms with E-state index in [0.29, 0.717) is 22.9 Å². The summed E-state index contributed by atoms with van der Waals surface area (Å²) in [6.07, 6.45) is 2.03. The van der Waals surface area contributed by atoms with Gasteiger partial charge < -0.3 is 5.32 Å². The molecule has 31 heavy (non-hydrogen) atoms. The maximum Gasteiger partial charge on any atom is 0.280 e. The van der Waals surface area contributed by atoms with Crippen LogP contribution in [0.25, 0.3) is 21.8 Å². The maximum atomic E-state index is 12.6. The third-order valence-electron chi connectivity index (χ3n) is 5.06. The fourth-order valence-corrected chi connectivity index (χ4v) is 4.25. The summed E-state index contributed by atoms with van der Waals surface area (Å²) in [5.41, 5.74) is 3.04. The first-order valence-electron chi connectivity index (χ1n) is 10.2. The number of carbonyl (C=O) groups excluding carboxylic acids is 1. The first-order valence-corrected chi connectivity index (χ1v) is 11.0. The van der Waals surface area contributed by atoms with E-state index in [0.717, 1.165) is 28.8 Å². The number of amides is 1. The van der Waals surface area contributed by atoms with Crippen molar-refractivity contribution >= 4 is 17.2 Å². The number of carbonyl (C=O) groups is 1. The zero-order chi connectivity index (χ0) is 21.2. The van der Waals surface area contributed by atoms with E-state index in [9.17, 15) is 9.59 Å². The van der Waals surface area contributed by atoms with Crippen molar-refractivity contribution in [3.63, 3.8) is 0 Å². The van der Waals surface area contributed by atoms with Crippen LogP contribution in [0.3, 0.4) is 0 Å². The van der Waals surface area contributed by atoms with Crippen LogP contribution in [0.4, 0.5) is 0 Å². The van der Waals surface area contributed by atoms with Crippen molar-refractivity contribution in [1.82, 2.24) is 20.1 Å². The molecule has 1 saturated carbocycles. The van der Waals surface area contributed by atoms with Gasteiger partial charge in [-0.15, -0.1) is 11.3 Å². The molecule has 0 spiro atoms. The Bertz CT molecular complexity index is 1280. The Labute approximate surface area is 183 Å². The third-order valence-corrected chi connectivity index (χ3v) is 6.13. The van der Waals surface area contributed by atoms with E-state index in [1.807, 2.05) is 60.7 Å². The highest BCUT2D eigenvalue weighted by Crippen LogP contribution is 2.36. The first kappa shape index (κ1) is 19.4. The maximum absolute atomic E-state index is 12.6. The van der Waals surface area contributed by atoms with E-state index in [2.05, 4.69) is 15.4 Å². The molecule has 0 aliphatic heterocycles. The highest BCUT2D eigenvalue weighted by molar-refractivity contribution is 7.17. The molecule has 1 fully saturated rings. The molecule has 0 saturated heterocycles. The molecule has 7 heteroatoms. The molecule has 6 nitrogen and oxygen atoms in total. The van der Waals surface area contributed by atoms with Crippen LogP contribution in [0.2, 0.25) is 0 Å². The van der Waals surface area contributed by atoms with Gasteiger partial charge in [0.2, 0.25) is 0 Å². The average Bonchev–Trinajstić information content (AvgIpc) is 3.50. The van der Waals surface area contributed by atoms with Gasteiger partial charge in [0.05, 0.1) is 17.1 Å². The highest BCUT2D eigenvalue weighted by atomic mass is 32.1. The molecule has 1 aliphatic rings. The lowest BCUT2D eigenvalue weighted by Gasteiger charge is -2.07. The van der Waals surface area contributed by atoms with Crippen LogP contribution in [0.15, 0.2) is 77.6 Å². The van der Waals surface area contributed by atoms with Gasteiger partial charge in [-0.2, -0.15) is 5.10 Å². The molecule has 154 valence electrons. The number of hydrogen-bond acceptors (Lipinski definition) is 5. The fourth-order valence-electron chi connectivity index (χ4n) is 3.30. The van der Waals surface area contributed by atoms with Crippen molar-refractivity contribution in [1.29, 1.82) is 0 Å². The summed E-state index contributed by atoms with van der Waals surface area (Å²) in [4.78, 5) is 30.5. The van der Waals surface area contributed by atoms with Gasteiger partial charge >= 0.3 is 0 Å². The lowest BCUT2D eigenvalue weighted by Crippen LogP contribution is -2.25. The molecule has 0 unspecified atom stereocenters. The molecule has 1 aliphatic carbocycles. The summed E-state index contributed by atoms with van der Waals surface area (Å²) >= 11 is 1.31. The Morgan fingerprint density at radius 2 is 1.71 bits per heavy atom. The van der Waals surface area contributed by atoms with E-state index >= 15 is 0 Å². The van der Waals surface area contributed by atoms with E-state index < -0.39 is 0 Å². The third kappa shape index (κ3) is 4.32. The standard InChI is InChI=1S/C24H20N4O2S/c29-20-14-13-19(27-28(20)15-16-7-3-1-4-8-16)22-21(17-9-5-2-6-10-17)26-24(31-22)23(30)25-18-11-12-18/h1-10,13-14,18H,11-12,15H2,(H,25,30). The van der Waals surface area contributed by atoms with E-state index in [1.54, 1.807) is 6.07 Å². The average molecular weight is 429 g/mol. The monoisotopic (exact) mass is 428 g/mol. The lowest BCUT2D eigenvalue weighted by molar-refractivity contribution is 0.0951. The second-order valence-corrected chi connectivity index (χ2v) is 8.51. The van der Waals surface area contributed by atoms with E-state index in [1.165, 1.54) is 22.1 Å². The number of nitrogens with one attached hydrogen (secondary N) is 1. The number of thiazole rings is 1. The van der Waals surface area contributed by atoms with Crippen molar-refractivity contribution in [3.8, 4) is 21.8 Å². The Balaban J connectivity index is 1.57. The largest absolute Gasteiger partial charge is 0.347 e. The Morgan fingerprint density at radius 3 is 2.42 bits per heavy atom. The zero-order valence-corrected chi connectivity index (χ0v) is 17.5. The minimum atomic E-state index is -0.176. The first-order chi connectivity index (χ1) is 15.2. The Morgan fingerprint density at radius 1 is 1.00 bits per heavy atom. The van der Waals surface area contributed by atoms with Gasteiger partial charge in [-0.25, -0.2) is 9.67 Å². The van der Waals surface area contributed by atoms with Gasteiger partial charge in [0.15, 0.2) is 5.01 Å². The Hall–Kier alpha value is -3.58. The van der Waals surface area contributed by atoms with E-state index in [-0.39, 0.29) is 17.5 Å². The molecule has 0 atom stereocenters. The zero-order valence-electron chi connectivity index (χ0n) is 16.7. The molecular weight excluding hydrogens is 408 g/mol. The summed E-state index contributed by atoms with van der Waals surface area (Å²) in [6, 6.07) is 22.9. The van der Waals surface area contributed by atoms with Gasteiger partial charge in [0, 0.05) is 17.7 Å². The quantitative estimate of drug-likeness (QED) is 0.504. The summed E-state index contributed by atoms with van der Waals surface area (Å²) in [5.74, 6) is -0.159. The molecule has 2 aromatic carbocycles. The van der Waals surface area contributed by atoms with Crippen LogP contribution in [0.1, 0.15) is 28.2 Å². The van der Waals surface area contributed by atoms with Crippen molar-refractivity contribution < 1.29 is 4.79 Å². The highest BCUT2D eigenvalue weighted by Gasteiger charge is 2.27. The van der Waals surface area contributed by atoms with Gasteiger partial charge in [-0.1, -0.05) is 60.7 Å². The van der Waals surface area contributed by atoms with Gasteiger partial charge in [-0.05, 0) is 24.5 Å². The van der Waals surface area contributed by atoms with Crippen LogP contribution in [0, 0.1) is 0 Å². The molecule has 0 bridgehead atoms. The smallest absolute Gasteiger partial charge is 0.280 e. The minimum absolute atomic E-state index is 0.159. The fraction of sp³-hybridized carbons (Fsp3) is 0.167. The minimum Gasteiger partial charge on any atom is -0.347 e. The number of nitrogens with zero attached hydrogens (tertiary/aromatic N) is 3. The second-order valence-electron chi connectivity index (χ2n) is 7.51. The molecule has 2 aromatic heterocycles. The predicted octanol–water partition coefficient (Wildman–Crippen LogP) is 3.97. The second kappa shape index (κ2) is 8.28. The van der Waals surface area contributed by atoms with Gasteiger partial charge in [0.25, 0.3) is 11.5 Å². The summed E-state index contributed by atoms with van der Waals surface area (Å²) in [5, 5.41) is 8.02. The lowest BCUT2D eigenvalue weighted by atomic mass is 10.1. The summed E-state index contributed by atoms with van der Waals surface area (Å²) in [6.45, 7) is 0.377. The molecule has 4 aromatic rings. The van der Waals surface area contributed by atoms with Crippen LogP contribution in [-0.4, -0.2) is 26.7 Å². The van der Waals surface area contributed by atoms with Crippen LogP contribution in [-0.2, 0) is 6.54 Å². The van der Waals surface area contributed by atoms with Gasteiger partial charge in [-0.3, -0.25) is 9.59 Å². The number of rotatable bonds is 6. The van der Waals surface area contributed by atoms with Crippen LogP contribution >= 0.6 is 11.3 Å². The summed E-state index contributed by atoms with van der Waals surface area (Å²) < 4.78 is 1.45. The van der Waals surface area contributed by atoms with Crippen LogP contribution < -0.4 is 10.9 Å². The molecule has 2 heterocycles. The number of aromatic nitrogens is 3. The number of benzene rings is 2. The number of hydrogen-bond donors (Lipinski definition) is 1. The molecule has 1 amide bonds. The van der Waals surface area contributed by atoms with E-state index in [4.69, 9.17) is 0 Å². The van der Waals surface area contributed by atoms with Crippen molar-refractivity contribution in [2.24, 2.45) is 0 Å². The molecule has 0 radical (unpaired) electrons. The normalized spacial score (nSPS) is 13.2. The molecule has 1 N–H and O–H groups in total. The van der Waals surface area contributed by atoms with Crippen molar-refractivity contribution in [2.45, 2.75) is 25.4 Å². The molecular formula is C24H20N4O2S. The van der Waals surface area contributed by atoms with Gasteiger partial charge in [0.1, 0.15) is 5.69 Å².